The summed E-state index contributed by atoms with van der Waals surface area (Å²) < 4.78 is 12.1. The third-order valence-electron chi connectivity index (χ3n) is 5.13. The molecule has 0 aliphatic rings. The SMILES string of the molecule is Cc1cc(NC(=O)c2c(C)cccc2OCc2cc(=O)n3nc(-c4ccccc4)nc3[nH]2)no1. The van der Waals surface area contributed by atoms with Crippen molar-refractivity contribution >= 4 is 17.5 Å². The second-order valence-electron chi connectivity index (χ2n) is 7.68. The minimum Gasteiger partial charge on any atom is -0.487 e. The van der Waals surface area contributed by atoms with Crippen molar-refractivity contribution in [2.75, 3.05) is 5.32 Å². The Morgan fingerprint density at radius 1 is 1.12 bits per heavy atom. The van der Waals surface area contributed by atoms with Gasteiger partial charge in [-0.05, 0) is 25.5 Å². The number of nitrogens with zero attached hydrogens (tertiary/aromatic N) is 4. The van der Waals surface area contributed by atoms with Gasteiger partial charge in [0.15, 0.2) is 11.6 Å². The molecule has 5 aromatic rings. The van der Waals surface area contributed by atoms with Crippen LogP contribution in [0.25, 0.3) is 17.2 Å². The number of aryl methyl sites for hydroxylation is 2. The molecule has 0 atom stereocenters. The Labute approximate surface area is 193 Å². The zero-order valence-corrected chi connectivity index (χ0v) is 18.4. The van der Waals surface area contributed by atoms with E-state index < -0.39 is 0 Å². The molecule has 0 bridgehead atoms. The second kappa shape index (κ2) is 8.66. The van der Waals surface area contributed by atoms with E-state index in [9.17, 15) is 9.59 Å². The molecule has 1 amide bonds. The predicted molar refractivity (Wildman–Crippen MR) is 124 cm³/mol. The Bertz CT molecular complexity index is 1550. The second-order valence-corrected chi connectivity index (χ2v) is 7.68. The average molecular weight is 456 g/mol. The topological polar surface area (TPSA) is 127 Å². The molecular weight excluding hydrogens is 436 g/mol. The Morgan fingerprint density at radius 2 is 1.94 bits per heavy atom. The Hall–Kier alpha value is -4.73. The van der Waals surface area contributed by atoms with Crippen LogP contribution in [0.3, 0.4) is 0 Å². The molecule has 0 aliphatic carbocycles. The maximum Gasteiger partial charge on any atom is 0.276 e. The van der Waals surface area contributed by atoms with Crippen LogP contribution in [0.15, 0.2) is 70.0 Å². The minimum absolute atomic E-state index is 0.0199. The van der Waals surface area contributed by atoms with Crippen molar-refractivity contribution in [3.05, 3.63) is 93.6 Å². The summed E-state index contributed by atoms with van der Waals surface area (Å²) in [6, 6.07) is 17.7. The van der Waals surface area contributed by atoms with Crippen LogP contribution < -0.4 is 15.6 Å². The number of aromatic amines is 1. The summed E-state index contributed by atoms with van der Waals surface area (Å²) in [4.78, 5) is 33.0. The molecule has 170 valence electrons. The molecule has 0 unspecified atom stereocenters. The molecule has 0 radical (unpaired) electrons. The number of amides is 1. The molecule has 10 nitrogen and oxygen atoms in total. The predicted octanol–water partition coefficient (Wildman–Crippen LogP) is 3.52. The number of carbonyl (C=O) groups excluding carboxylic acids is 1. The molecule has 3 aromatic heterocycles. The van der Waals surface area contributed by atoms with E-state index >= 15 is 0 Å². The van der Waals surface area contributed by atoms with Gasteiger partial charge >= 0.3 is 0 Å². The van der Waals surface area contributed by atoms with Crippen molar-refractivity contribution in [3.63, 3.8) is 0 Å². The van der Waals surface area contributed by atoms with Gasteiger partial charge in [-0.1, -0.05) is 47.6 Å². The third kappa shape index (κ3) is 4.16. The van der Waals surface area contributed by atoms with Crippen molar-refractivity contribution in [1.29, 1.82) is 0 Å². The van der Waals surface area contributed by atoms with Crippen LogP contribution in [0.2, 0.25) is 0 Å². The number of aromatic nitrogens is 5. The van der Waals surface area contributed by atoms with Crippen LogP contribution in [-0.2, 0) is 6.61 Å². The van der Waals surface area contributed by atoms with Crippen molar-refractivity contribution in [1.82, 2.24) is 24.7 Å². The number of fused-ring (bicyclic) bond motifs is 1. The summed E-state index contributed by atoms with van der Waals surface area (Å²) in [6.07, 6.45) is 0. The summed E-state index contributed by atoms with van der Waals surface area (Å²) >= 11 is 0. The molecular formula is C24H20N6O4. The molecule has 10 heteroatoms. The van der Waals surface area contributed by atoms with Gasteiger partial charge in [0.05, 0.1) is 11.3 Å². The summed E-state index contributed by atoms with van der Waals surface area (Å²) in [7, 11) is 0. The molecule has 0 saturated heterocycles. The van der Waals surface area contributed by atoms with Crippen LogP contribution in [0, 0.1) is 13.8 Å². The maximum absolute atomic E-state index is 12.9. The van der Waals surface area contributed by atoms with E-state index in [1.54, 1.807) is 25.1 Å². The van der Waals surface area contributed by atoms with Gasteiger partial charge in [-0.3, -0.25) is 9.59 Å². The van der Waals surface area contributed by atoms with Crippen LogP contribution in [-0.4, -0.2) is 30.6 Å². The van der Waals surface area contributed by atoms with E-state index in [4.69, 9.17) is 9.26 Å². The molecule has 34 heavy (non-hydrogen) atoms. The van der Waals surface area contributed by atoms with Crippen molar-refractivity contribution in [2.24, 2.45) is 0 Å². The highest BCUT2D eigenvalue weighted by Gasteiger charge is 2.18. The van der Waals surface area contributed by atoms with Gasteiger partial charge in [-0.2, -0.15) is 9.50 Å². The highest BCUT2D eigenvalue weighted by atomic mass is 16.5. The largest absolute Gasteiger partial charge is 0.487 e. The maximum atomic E-state index is 12.9. The van der Waals surface area contributed by atoms with Crippen molar-refractivity contribution in [3.8, 4) is 17.1 Å². The fraction of sp³-hybridized carbons (Fsp3) is 0.125. The Morgan fingerprint density at radius 3 is 2.71 bits per heavy atom. The van der Waals surface area contributed by atoms with Gasteiger partial charge in [0.25, 0.3) is 11.5 Å². The van der Waals surface area contributed by atoms with E-state index in [1.807, 2.05) is 43.3 Å². The average Bonchev–Trinajstić information content (AvgIpc) is 3.44. The third-order valence-corrected chi connectivity index (χ3v) is 5.13. The van der Waals surface area contributed by atoms with Crippen LogP contribution in [0.4, 0.5) is 5.82 Å². The number of ether oxygens (including phenoxy) is 1. The van der Waals surface area contributed by atoms with Gasteiger partial charge in [0.2, 0.25) is 5.78 Å². The molecule has 0 fully saturated rings. The number of hydrogen-bond acceptors (Lipinski definition) is 7. The summed E-state index contributed by atoms with van der Waals surface area (Å²) in [6.45, 7) is 3.57. The normalized spacial score (nSPS) is 11.0. The van der Waals surface area contributed by atoms with Gasteiger partial charge < -0.3 is 19.6 Å². The van der Waals surface area contributed by atoms with Gasteiger partial charge in [0.1, 0.15) is 18.1 Å². The summed E-state index contributed by atoms with van der Waals surface area (Å²) in [5.41, 5.74) is 2.04. The first kappa shape index (κ1) is 21.1. The first-order valence-electron chi connectivity index (χ1n) is 10.5. The van der Waals surface area contributed by atoms with E-state index in [0.29, 0.717) is 40.2 Å². The molecule has 0 saturated carbocycles. The van der Waals surface area contributed by atoms with E-state index in [0.717, 1.165) is 11.1 Å². The van der Waals surface area contributed by atoms with Gasteiger partial charge in [-0.15, -0.1) is 5.10 Å². The van der Waals surface area contributed by atoms with Gasteiger partial charge in [-0.25, -0.2) is 0 Å². The number of hydrogen-bond donors (Lipinski definition) is 2. The molecule has 0 aliphatic heterocycles. The Balaban J connectivity index is 1.40. The lowest BCUT2D eigenvalue weighted by Crippen LogP contribution is -2.18. The van der Waals surface area contributed by atoms with E-state index in [-0.39, 0.29) is 18.1 Å². The zero-order chi connectivity index (χ0) is 23.7. The minimum atomic E-state index is -0.379. The summed E-state index contributed by atoms with van der Waals surface area (Å²) in [5.74, 6) is 1.62. The zero-order valence-electron chi connectivity index (χ0n) is 18.4. The van der Waals surface area contributed by atoms with Gasteiger partial charge in [0, 0.05) is 17.7 Å². The van der Waals surface area contributed by atoms with Crippen molar-refractivity contribution < 1.29 is 14.1 Å². The lowest BCUT2D eigenvalue weighted by Gasteiger charge is -2.13. The summed E-state index contributed by atoms with van der Waals surface area (Å²) in [5, 5.41) is 10.8. The van der Waals surface area contributed by atoms with E-state index in [2.05, 4.69) is 25.5 Å². The molecule has 0 spiro atoms. The number of H-pyrrole nitrogens is 1. The quantitative estimate of drug-likeness (QED) is 0.400. The molecule has 2 aromatic carbocycles. The molecule has 2 N–H and O–H groups in total. The lowest BCUT2D eigenvalue weighted by atomic mass is 10.1. The molecule has 5 rings (SSSR count). The van der Waals surface area contributed by atoms with Crippen LogP contribution >= 0.6 is 0 Å². The number of carbonyl (C=O) groups is 1. The first-order valence-corrected chi connectivity index (χ1v) is 10.5. The standard InChI is InChI=1S/C24H20N6O4/c1-14-7-6-10-18(21(14)23(32)26-19-11-15(2)34-29-19)33-13-17-12-20(31)30-24(25-17)27-22(28-30)16-8-4-3-5-9-16/h3-12H,13H2,1-2H3,(H,25,27,28)(H,26,29,32). The smallest absolute Gasteiger partial charge is 0.276 e. The van der Waals surface area contributed by atoms with E-state index in [1.165, 1.54) is 10.6 Å². The van der Waals surface area contributed by atoms with Crippen molar-refractivity contribution in [2.45, 2.75) is 20.5 Å². The van der Waals surface area contributed by atoms with Crippen LogP contribution in [0.1, 0.15) is 27.4 Å². The fourth-order valence-corrected chi connectivity index (χ4v) is 3.54. The Kier molecular flexibility index (Phi) is 5.38. The fourth-order valence-electron chi connectivity index (χ4n) is 3.54. The first-order chi connectivity index (χ1) is 16.5. The lowest BCUT2D eigenvalue weighted by molar-refractivity contribution is 0.102. The molecule has 3 heterocycles. The number of nitrogens with one attached hydrogen (secondary N) is 2. The number of anilines is 1. The monoisotopic (exact) mass is 456 g/mol. The number of benzene rings is 2. The highest BCUT2D eigenvalue weighted by Crippen LogP contribution is 2.24. The van der Waals surface area contributed by atoms with Crippen LogP contribution in [0.5, 0.6) is 5.75 Å². The number of rotatable bonds is 6. The highest BCUT2D eigenvalue weighted by molar-refractivity contribution is 6.06.